The highest BCUT2D eigenvalue weighted by Gasteiger charge is 2.50. The minimum absolute atomic E-state index is 0.0311. The normalized spacial score (nSPS) is 21.3. The molecule has 1 unspecified atom stereocenters. The number of Topliss-reactive ketones (excluding diaryl/α,β-unsaturated/α-hetero) is 1. The number of aromatic nitrogens is 3. The van der Waals surface area contributed by atoms with Gasteiger partial charge in [-0.25, -0.2) is 4.98 Å². The summed E-state index contributed by atoms with van der Waals surface area (Å²) in [6.07, 6.45) is 5.39. The number of β-lactam (4-membered cyclic amide) rings is 1. The zero-order valence-electron chi connectivity index (χ0n) is 21.3. The first kappa shape index (κ1) is 25.7. The third-order valence-corrected chi connectivity index (χ3v) is 13.2. The minimum Gasteiger partial charge on any atom is -0.413 e. The van der Waals surface area contributed by atoms with E-state index < -0.39 is 20.3 Å². The summed E-state index contributed by atoms with van der Waals surface area (Å²) in [7, 11) is -2.06. The van der Waals surface area contributed by atoms with Gasteiger partial charge in [-0.15, -0.1) is 11.3 Å². The van der Waals surface area contributed by atoms with Crippen LogP contribution in [-0.4, -0.2) is 51.6 Å². The molecule has 0 bridgehead atoms. The minimum atomic E-state index is -2.06. The van der Waals surface area contributed by atoms with E-state index in [2.05, 4.69) is 49.1 Å². The van der Waals surface area contributed by atoms with Crippen LogP contribution >= 0.6 is 11.3 Å². The van der Waals surface area contributed by atoms with Crippen LogP contribution in [0.25, 0.3) is 4.83 Å². The van der Waals surface area contributed by atoms with E-state index in [1.807, 2.05) is 13.8 Å². The highest BCUT2D eigenvalue weighted by Crippen LogP contribution is 2.40. The number of nitrogens with zero attached hydrogens (tertiary/aromatic N) is 3. The van der Waals surface area contributed by atoms with Crippen LogP contribution in [-0.2, 0) is 9.22 Å². The third-order valence-electron chi connectivity index (χ3n) is 7.48. The SMILES string of the molecule is C[C@H](O[Si](C)(C)C(C)(C)C)[C@H]1C(=O)N[C@@H]1[C@@H](C)C(=O)c1cn2cnc(C(O)c3cccnc3)c2s1. The summed E-state index contributed by atoms with van der Waals surface area (Å²) in [4.78, 5) is 35.6. The zero-order valence-corrected chi connectivity index (χ0v) is 23.1. The molecule has 5 atom stereocenters. The molecule has 4 rings (SSSR count). The van der Waals surface area contributed by atoms with Gasteiger partial charge in [-0.1, -0.05) is 33.8 Å². The van der Waals surface area contributed by atoms with Crippen molar-refractivity contribution in [3.8, 4) is 0 Å². The molecule has 3 aromatic rings. The highest BCUT2D eigenvalue weighted by atomic mass is 32.1. The molecule has 1 aliphatic rings. The van der Waals surface area contributed by atoms with Crippen molar-refractivity contribution < 1.29 is 19.1 Å². The number of aliphatic hydroxyl groups is 1. The van der Waals surface area contributed by atoms with Gasteiger partial charge in [0.05, 0.1) is 22.9 Å². The molecule has 1 aliphatic heterocycles. The Morgan fingerprint density at radius 3 is 2.63 bits per heavy atom. The fourth-order valence-corrected chi connectivity index (χ4v) is 6.84. The summed E-state index contributed by atoms with van der Waals surface area (Å²) in [6.45, 7) is 14.7. The lowest BCUT2D eigenvalue weighted by atomic mass is 9.77. The van der Waals surface area contributed by atoms with Crippen molar-refractivity contribution in [1.82, 2.24) is 19.7 Å². The molecule has 1 saturated heterocycles. The number of imidazole rings is 1. The van der Waals surface area contributed by atoms with Crippen LogP contribution < -0.4 is 5.32 Å². The lowest BCUT2D eigenvalue weighted by Crippen LogP contribution is -2.66. The van der Waals surface area contributed by atoms with Gasteiger partial charge in [-0.05, 0) is 31.1 Å². The van der Waals surface area contributed by atoms with Crippen LogP contribution in [0.5, 0.6) is 0 Å². The number of hydrogen-bond donors (Lipinski definition) is 2. The third kappa shape index (κ3) is 4.72. The summed E-state index contributed by atoms with van der Waals surface area (Å²) in [5.41, 5.74) is 1.12. The Hall–Kier alpha value is -2.40. The Morgan fingerprint density at radius 1 is 1.31 bits per heavy atom. The van der Waals surface area contributed by atoms with Gasteiger partial charge in [0.15, 0.2) is 14.1 Å². The van der Waals surface area contributed by atoms with Gasteiger partial charge < -0.3 is 14.8 Å². The number of rotatable bonds is 8. The van der Waals surface area contributed by atoms with Crippen molar-refractivity contribution in [2.75, 3.05) is 0 Å². The maximum Gasteiger partial charge on any atom is 0.228 e. The Labute approximate surface area is 210 Å². The second-order valence-corrected chi connectivity index (χ2v) is 16.7. The number of carbonyl (C=O) groups is 2. The van der Waals surface area contributed by atoms with Gasteiger partial charge in [-0.2, -0.15) is 0 Å². The smallest absolute Gasteiger partial charge is 0.228 e. The van der Waals surface area contributed by atoms with Crippen molar-refractivity contribution in [2.24, 2.45) is 11.8 Å². The molecule has 35 heavy (non-hydrogen) atoms. The van der Waals surface area contributed by atoms with E-state index in [0.717, 1.165) is 0 Å². The predicted octanol–water partition coefficient (Wildman–Crippen LogP) is 4.22. The van der Waals surface area contributed by atoms with Crippen LogP contribution in [0.3, 0.4) is 0 Å². The molecule has 0 aromatic carbocycles. The summed E-state index contributed by atoms with van der Waals surface area (Å²) in [5.74, 6) is -0.883. The number of fused-ring (bicyclic) bond motifs is 1. The number of carbonyl (C=O) groups excluding carboxylic acids is 2. The summed E-state index contributed by atoms with van der Waals surface area (Å²) < 4.78 is 8.25. The first-order valence-corrected chi connectivity index (χ1v) is 15.6. The standard InChI is InChI=1S/C25H34N4O4SSi/c1-14(19-18(23(32)28-19)15(2)33-35(6,7)25(3,4)5)21(30)17-12-29-13-27-20(24(29)34-17)22(31)16-9-8-10-26-11-16/h8-15,18-19,22,31H,1-7H3,(H,28,32)/t14-,15+,18-,19-,22?/m1/s1. The molecular formula is C25H34N4O4SSi. The lowest BCUT2D eigenvalue weighted by Gasteiger charge is -2.46. The van der Waals surface area contributed by atoms with Crippen molar-refractivity contribution >= 4 is 36.2 Å². The molecule has 2 N–H and O–H groups in total. The maximum atomic E-state index is 13.4. The first-order valence-electron chi connectivity index (χ1n) is 11.9. The van der Waals surface area contributed by atoms with E-state index in [1.165, 1.54) is 11.3 Å². The Balaban J connectivity index is 1.52. The van der Waals surface area contributed by atoms with Crippen LogP contribution in [0.2, 0.25) is 18.1 Å². The number of nitrogens with one attached hydrogen (secondary N) is 1. The van der Waals surface area contributed by atoms with Crippen molar-refractivity contribution in [1.29, 1.82) is 0 Å². The molecular weight excluding hydrogens is 480 g/mol. The molecule has 1 fully saturated rings. The topological polar surface area (TPSA) is 106 Å². The van der Waals surface area contributed by atoms with Crippen LogP contribution in [0.15, 0.2) is 37.1 Å². The number of pyridine rings is 1. The molecule has 0 saturated carbocycles. The summed E-state index contributed by atoms with van der Waals surface area (Å²) >= 11 is 1.30. The predicted molar refractivity (Wildman–Crippen MR) is 138 cm³/mol. The fraction of sp³-hybridized carbons (Fsp3) is 0.520. The largest absolute Gasteiger partial charge is 0.413 e. The van der Waals surface area contributed by atoms with E-state index in [4.69, 9.17) is 4.43 Å². The van der Waals surface area contributed by atoms with Crippen LogP contribution in [0.4, 0.5) is 0 Å². The van der Waals surface area contributed by atoms with Crippen molar-refractivity contribution in [3.05, 3.63) is 53.2 Å². The molecule has 0 radical (unpaired) electrons. The molecule has 0 aliphatic carbocycles. The number of ketones is 1. The molecule has 10 heteroatoms. The molecule has 4 heterocycles. The van der Waals surface area contributed by atoms with Gasteiger partial charge >= 0.3 is 0 Å². The second kappa shape index (κ2) is 9.23. The van der Waals surface area contributed by atoms with Gasteiger partial charge in [0.25, 0.3) is 0 Å². The van der Waals surface area contributed by atoms with E-state index in [0.29, 0.717) is 21.0 Å². The Kier molecular flexibility index (Phi) is 6.78. The van der Waals surface area contributed by atoms with Gasteiger partial charge in [0.2, 0.25) is 5.91 Å². The van der Waals surface area contributed by atoms with E-state index in [9.17, 15) is 14.7 Å². The molecule has 8 nitrogen and oxygen atoms in total. The zero-order chi connectivity index (χ0) is 25.7. The van der Waals surface area contributed by atoms with Crippen LogP contribution in [0.1, 0.15) is 61.7 Å². The van der Waals surface area contributed by atoms with Gasteiger partial charge in [0.1, 0.15) is 23.0 Å². The number of thiazole rings is 1. The Morgan fingerprint density at radius 2 is 2.03 bits per heavy atom. The van der Waals surface area contributed by atoms with E-state index >= 15 is 0 Å². The molecule has 0 spiro atoms. The van der Waals surface area contributed by atoms with Gasteiger partial charge in [0, 0.05) is 30.1 Å². The number of hydrogen-bond acceptors (Lipinski definition) is 7. The molecule has 188 valence electrons. The summed E-state index contributed by atoms with van der Waals surface area (Å²) in [5, 5.41) is 13.8. The van der Waals surface area contributed by atoms with E-state index in [1.54, 1.807) is 41.5 Å². The summed E-state index contributed by atoms with van der Waals surface area (Å²) in [6, 6.07) is 3.27. The maximum absolute atomic E-state index is 13.4. The second-order valence-electron chi connectivity index (χ2n) is 10.9. The number of amides is 1. The first-order chi connectivity index (χ1) is 16.3. The molecule has 1 amide bonds. The van der Waals surface area contributed by atoms with E-state index in [-0.39, 0.29) is 34.8 Å². The van der Waals surface area contributed by atoms with Gasteiger partial charge in [-0.3, -0.25) is 19.0 Å². The number of aliphatic hydroxyl groups excluding tert-OH is 1. The fourth-order valence-electron chi connectivity index (χ4n) is 4.28. The van der Waals surface area contributed by atoms with Crippen LogP contribution in [0, 0.1) is 11.8 Å². The van der Waals surface area contributed by atoms with Crippen molar-refractivity contribution in [2.45, 2.75) is 71.0 Å². The lowest BCUT2D eigenvalue weighted by molar-refractivity contribution is -0.141. The highest BCUT2D eigenvalue weighted by molar-refractivity contribution is 7.19. The average Bonchev–Trinajstić information content (AvgIpc) is 3.36. The Bertz CT molecular complexity index is 1230. The van der Waals surface area contributed by atoms with Crippen molar-refractivity contribution in [3.63, 3.8) is 0 Å². The monoisotopic (exact) mass is 514 g/mol. The quantitative estimate of drug-likeness (QED) is 0.265. The average molecular weight is 515 g/mol. The molecule has 3 aromatic heterocycles.